The molecule has 0 saturated carbocycles. The summed E-state index contributed by atoms with van der Waals surface area (Å²) in [5.74, 6) is -1.34. The van der Waals surface area contributed by atoms with E-state index in [1.807, 2.05) is 0 Å². The second-order valence-electron chi connectivity index (χ2n) is 5.00. The number of aryl methyl sites for hydroxylation is 1. The number of nitrogens with zero attached hydrogens (tertiary/aromatic N) is 1. The molecule has 0 bridgehead atoms. The first kappa shape index (κ1) is 16.6. The molecule has 1 aromatic carbocycles. The zero-order chi connectivity index (χ0) is 16.2. The van der Waals surface area contributed by atoms with Gasteiger partial charge in [0, 0.05) is 25.3 Å². The Morgan fingerprint density at radius 2 is 1.90 bits per heavy atom. The van der Waals surface area contributed by atoms with Gasteiger partial charge in [0.2, 0.25) is 11.8 Å². The van der Waals surface area contributed by atoms with Gasteiger partial charge in [0.1, 0.15) is 0 Å². The van der Waals surface area contributed by atoms with E-state index < -0.39 is 17.9 Å². The number of primary amides is 1. The summed E-state index contributed by atoms with van der Waals surface area (Å²) in [7, 11) is 3.28. The van der Waals surface area contributed by atoms with Crippen LogP contribution in [0.2, 0.25) is 0 Å². The topological polar surface area (TPSA) is 119 Å². The van der Waals surface area contributed by atoms with E-state index in [1.165, 1.54) is 4.90 Å². The standard InChI is InChI=1S/C14H20N4O3/c1-8-4-5-9(14(21)18(2)3)6-11(8)17-13(20)10(15)7-12(16)19/h4-6,10H,7,15H2,1-3H3,(H2,16,19)(H,17,20). The molecule has 3 amide bonds. The second kappa shape index (κ2) is 6.85. The zero-order valence-electron chi connectivity index (χ0n) is 12.3. The molecule has 0 radical (unpaired) electrons. The molecule has 0 spiro atoms. The number of carbonyl (C=O) groups is 3. The summed E-state index contributed by atoms with van der Waals surface area (Å²) in [6, 6.07) is 3.96. The van der Waals surface area contributed by atoms with Crippen molar-refractivity contribution < 1.29 is 14.4 Å². The highest BCUT2D eigenvalue weighted by atomic mass is 16.2. The minimum absolute atomic E-state index is 0.174. The van der Waals surface area contributed by atoms with E-state index in [-0.39, 0.29) is 12.3 Å². The molecule has 114 valence electrons. The number of anilines is 1. The molecule has 1 aromatic rings. The van der Waals surface area contributed by atoms with Gasteiger partial charge in [0.05, 0.1) is 12.5 Å². The van der Waals surface area contributed by atoms with Gasteiger partial charge >= 0.3 is 0 Å². The van der Waals surface area contributed by atoms with Gasteiger partial charge in [-0.2, -0.15) is 0 Å². The van der Waals surface area contributed by atoms with Gasteiger partial charge in [-0.15, -0.1) is 0 Å². The van der Waals surface area contributed by atoms with E-state index in [1.54, 1.807) is 39.2 Å². The van der Waals surface area contributed by atoms with E-state index in [2.05, 4.69) is 5.32 Å². The third kappa shape index (κ3) is 4.57. The van der Waals surface area contributed by atoms with Crippen LogP contribution in [0.4, 0.5) is 5.69 Å². The van der Waals surface area contributed by atoms with Crippen LogP contribution in [0, 0.1) is 6.92 Å². The van der Waals surface area contributed by atoms with Crippen LogP contribution >= 0.6 is 0 Å². The fourth-order valence-corrected chi connectivity index (χ4v) is 1.68. The number of nitrogens with one attached hydrogen (secondary N) is 1. The van der Waals surface area contributed by atoms with E-state index in [4.69, 9.17) is 11.5 Å². The Bertz CT molecular complexity index is 569. The normalized spacial score (nSPS) is 11.6. The van der Waals surface area contributed by atoms with Crippen molar-refractivity contribution in [3.63, 3.8) is 0 Å². The molecule has 0 fully saturated rings. The Kier molecular flexibility index (Phi) is 5.43. The lowest BCUT2D eigenvalue weighted by atomic mass is 10.1. The van der Waals surface area contributed by atoms with Gasteiger partial charge in [0.15, 0.2) is 0 Å². The monoisotopic (exact) mass is 292 g/mol. The third-order valence-electron chi connectivity index (χ3n) is 2.91. The third-order valence-corrected chi connectivity index (χ3v) is 2.91. The molecular weight excluding hydrogens is 272 g/mol. The predicted octanol–water partition coefficient (Wildman–Crippen LogP) is -0.162. The summed E-state index contributed by atoms with van der Waals surface area (Å²) in [5.41, 5.74) is 12.3. The molecule has 1 unspecified atom stereocenters. The summed E-state index contributed by atoms with van der Waals surface area (Å²) >= 11 is 0. The van der Waals surface area contributed by atoms with Gasteiger partial charge in [-0.05, 0) is 24.6 Å². The minimum Gasteiger partial charge on any atom is -0.370 e. The maximum Gasteiger partial charge on any atom is 0.253 e. The average molecular weight is 292 g/mol. The van der Waals surface area contributed by atoms with Crippen LogP contribution in [0.15, 0.2) is 18.2 Å². The van der Waals surface area contributed by atoms with Crippen molar-refractivity contribution in [1.29, 1.82) is 0 Å². The van der Waals surface area contributed by atoms with Crippen LogP contribution in [0.25, 0.3) is 0 Å². The highest BCUT2D eigenvalue weighted by Gasteiger charge is 2.17. The molecule has 1 rings (SSSR count). The number of rotatable bonds is 5. The minimum atomic E-state index is -1.02. The van der Waals surface area contributed by atoms with Crippen molar-refractivity contribution in [3.8, 4) is 0 Å². The predicted molar refractivity (Wildman–Crippen MR) is 79.6 cm³/mol. The molecule has 0 aliphatic rings. The van der Waals surface area contributed by atoms with Crippen molar-refractivity contribution in [2.75, 3.05) is 19.4 Å². The highest BCUT2D eigenvalue weighted by molar-refractivity contribution is 6.00. The van der Waals surface area contributed by atoms with E-state index in [9.17, 15) is 14.4 Å². The highest BCUT2D eigenvalue weighted by Crippen LogP contribution is 2.18. The second-order valence-corrected chi connectivity index (χ2v) is 5.00. The van der Waals surface area contributed by atoms with Gasteiger partial charge < -0.3 is 21.7 Å². The SMILES string of the molecule is Cc1ccc(C(=O)N(C)C)cc1NC(=O)C(N)CC(N)=O. The van der Waals surface area contributed by atoms with Crippen LogP contribution in [-0.4, -0.2) is 42.8 Å². The quantitative estimate of drug-likeness (QED) is 0.698. The Morgan fingerprint density at radius 3 is 2.43 bits per heavy atom. The number of carbonyl (C=O) groups excluding carboxylic acids is 3. The van der Waals surface area contributed by atoms with Gasteiger partial charge in [-0.3, -0.25) is 14.4 Å². The first-order valence-electron chi connectivity index (χ1n) is 6.39. The van der Waals surface area contributed by atoms with Crippen LogP contribution in [0.5, 0.6) is 0 Å². The molecule has 0 aliphatic carbocycles. The first-order chi connectivity index (χ1) is 9.72. The Labute approximate surface area is 123 Å². The number of benzene rings is 1. The fourth-order valence-electron chi connectivity index (χ4n) is 1.68. The number of hydrogen-bond acceptors (Lipinski definition) is 4. The largest absolute Gasteiger partial charge is 0.370 e. The van der Waals surface area contributed by atoms with Crippen molar-refractivity contribution >= 4 is 23.4 Å². The van der Waals surface area contributed by atoms with Crippen LogP contribution < -0.4 is 16.8 Å². The molecule has 0 saturated heterocycles. The van der Waals surface area contributed by atoms with Gasteiger partial charge in [-0.1, -0.05) is 6.07 Å². The molecular formula is C14H20N4O3. The lowest BCUT2D eigenvalue weighted by molar-refractivity contribution is -0.123. The van der Waals surface area contributed by atoms with Gasteiger partial charge in [-0.25, -0.2) is 0 Å². The molecule has 0 aliphatic heterocycles. The number of nitrogens with two attached hydrogens (primary N) is 2. The van der Waals surface area contributed by atoms with E-state index in [0.717, 1.165) is 5.56 Å². The van der Waals surface area contributed by atoms with E-state index in [0.29, 0.717) is 11.3 Å². The lowest BCUT2D eigenvalue weighted by Gasteiger charge is -2.15. The Hall–Kier alpha value is -2.41. The number of hydrogen-bond donors (Lipinski definition) is 3. The molecule has 5 N–H and O–H groups in total. The van der Waals surface area contributed by atoms with E-state index >= 15 is 0 Å². The van der Waals surface area contributed by atoms with Crippen molar-refractivity contribution in [2.24, 2.45) is 11.5 Å². The number of amides is 3. The molecule has 7 heteroatoms. The summed E-state index contributed by atoms with van der Waals surface area (Å²) in [6.45, 7) is 1.79. The van der Waals surface area contributed by atoms with Crippen molar-refractivity contribution in [3.05, 3.63) is 29.3 Å². The maximum atomic E-state index is 11.9. The van der Waals surface area contributed by atoms with Crippen LogP contribution in [-0.2, 0) is 9.59 Å². The first-order valence-corrected chi connectivity index (χ1v) is 6.39. The van der Waals surface area contributed by atoms with Crippen molar-refractivity contribution in [1.82, 2.24) is 4.90 Å². The molecule has 0 heterocycles. The lowest BCUT2D eigenvalue weighted by Crippen LogP contribution is -2.39. The summed E-state index contributed by atoms with van der Waals surface area (Å²) in [5, 5.41) is 2.61. The van der Waals surface area contributed by atoms with Crippen LogP contribution in [0.1, 0.15) is 22.3 Å². The molecule has 1 atom stereocenters. The molecule has 0 aromatic heterocycles. The maximum absolute atomic E-state index is 11.9. The average Bonchev–Trinajstić information content (AvgIpc) is 2.39. The smallest absolute Gasteiger partial charge is 0.253 e. The van der Waals surface area contributed by atoms with Gasteiger partial charge in [0.25, 0.3) is 5.91 Å². The Morgan fingerprint density at radius 1 is 1.29 bits per heavy atom. The summed E-state index contributed by atoms with van der Waals surface area (Å²) in [6.07, 6.45) is -0.235. The summed E-state index contributed by atoms with van der Waals surface area (Å²) < 4.78 is 0. The van der Waals surface area contributed by atoms with Crippen molar-refractivity contribution in [2.45, 2.75) is 19.4 Å². The Balaban J connectivity index is 2.92. The molecule has 21 heavy (non-hydrogen) atoms. The van der Waals surface area contributed by atoms with Crippen LogP contribution in [0.3, 0.4) is 0 Å². The summed E-state index contributed by atoms with van der Waals surface area (Å²) in [4.78, 5) is 36.0. The fraction of sp³-hybridized carbons (Fsp3) is 0.357. The zero-order valence-corrected chi connectivity index (χ0v) is 12.3. The molecule has 7 nitrogen and oxygen atoms in total.